The van der Waals surface area contributed by atoms with Crippen LogP contribution < -0.4 is 14.8 Å². The van der Waals surface area contributed by atoms with Crippen molar-refractivity contribution in [2.24, 2.45) is 0 Å². The van der Waals surface area contributed by atoms with Crippen molar-refractivity contribution in [1.29, 1.82) is 0 Å². The van der Waals surface area contributed by atoms with E-state index in [1.165, 1.54) is 0 Å². The van der Waals surface area contributed by atoms with Crippen molar-refractivity contribution in [3.05, 3.63) is 65.0 Å². The molecule has 0 spiro atoms. The Hall–Kier alpha value is -3.28. The van der Waals surface area contributed by atoms with Crippen molar-refractivity contribution in [2.75, 3.05) is 20.8 Å². The van der Waals surface area contributed by atoms with Crippen LogP contribution in [0.25, 0.3) is 11.5 Å². The topological polar surface area (TPSA) is 73.6 Å². The second-order valence-electron chi connectivity index (χ2n) is 6.47. The van der Waals surface area contributed by atoms with Gasteiger partial charge in [0, 0.05) is 18.2 Å². The van der Waals surface area contributed by atoms with Crippen molar-refractivity contribution in [1.82, 2.24) is 10.3 Å². The SMILES string of the molecule is COc1ccc(CCNC(=O)c2nc(-c3ccc(C)cc3)oc2C)c(OC)c1. The van der Waals surface area contributed by atoms with E-state index in [0.717, 1.165) is 28.2 Å². The molecular formula is C22H24N2O4. The van der Waals surface area contributed by atoms with Gasteiger partial charge in [-0.3, -0.25) is 4.79 Å². The van der Waals surface area contributed by atoms with Crippen LogP contribution in [0.1, 0.15) is 27.4 Å². The van der Waals surface area contributed by atoms with Crippen LogP contribution in [0.5, 0.6) is 11.5 Å². The van der Waals surface area contributed by atoms with Crippen molar-refractivity contribution in [3.8, 4) is 23.0 Å². The van der Waals surface area contributed by atoms with Crippen LogP contribution in [0.2, 0.25) is 0 Å². The highest BCUT2D eigenvalue weighted by molar-refractivity contribution is 5.93. The second kappa shape index (κ2) is 8.61. The fourth-order valence-electron chi connectivity index (χ4n) is 2.88. The van der Waals surface area contributed by atoms with E-state index in [2.05, 4.69) is 10.3 Å². The number of benzene rings is 2. The number of rotatable bonds is 7. The first kappa shape index (κ1) is 19.5. The second-order valence-corrected chi connectivity index (χ2v) is 6.47. The number of aryl methyl sites for hydroxylation is 2. The van der Waals surface area contributed by atoms with Crippen LogP contribution in [0.15, 0.2) is 46.9 Å². The summed E-state index contributed by atoms with van der Waals surface area (Å²) < 4.78 is 16.3. The van der Waals surface area contributed by atoms with Gasteiger partial charge >= 0.3 is 0 Å². The average Bonchev–Trinajstić information content (AvgIpc) is 3.10. The van der Waals surface area contributed by atoms with Crippen molar-refractivity contribution >= 4 is 5.91 Å². The molecule has 0 saturated carbocycles. The Morgan fingerprint density at radius 3 is 2.50 bits per heavy atom. The summed E-state index contributed by atoms with van der Waals surface area (Å²) in [6.07, 6.45) is 0.626. The number of amides is 1. The number of hydrogen-bond acceptors (Lipinski definition) is 5. The number of nitrogens with zero attached hydrogens (tertiary/aromatic N) is 1. The Balaban J connectivity index is 1.65. The fourth-order valence-corrected chi connectivity index (χ4v) is 2.88. The van der Waals surface area contributed by atoms with E-state index >= 15 is 0 Å². The van der Waals surface area contributed by atoms with Crippen molar-refractivity contribution < 1.29 is 18.7 Å². The van der Waals surface area contributed by atoms with Crippen LogP contribution in [-0.4, -0.2) is 31.7 Å². The largest absolute Gasteiger partial charge is 0.497 e. The van der Waals surface area contributed by atoms with Gasteiger partial charge in [-0.1, -0.05) is 23.8 Å². The van der Waals surface area contributed by atoms with E-state index < -0.39 is 0 Å². The third-order valence-electron chi connectivity index (χ3n) is 4.48. The van der Waals surface area contributed by atoms with Gasteiger partial charge in [-0.2, -0.15) is 0 Å². The molecule has 0 aliphatic carbocycles. The maximum Gasteiger partial charge on any atom is 0.273 e. The predicted octanol–water partition coefficient (Wildman–Crippen LogP) is 3.95. The molecule has 1 heterocycles. The van der Waals surface area contributed by atoms with E-state index in [-0.39, 0.29) is 5.91 Å². The van der Waals surface area contributed by atoms with Crippen molar-refractivity contribution in [2.45, 2.75) is 20.3 Å². The predicted molar refractivity (Wildman–Crippen MR) is 107 cm³/mol. The summed E-state index contributed by atoms with van der Waals surface area (Å²) >= 11 is 0. The molecule has 0 atom stereocenters. The van der Waals surface area contributed by atoms with E-state index in [1.807, 2.05) is 49.4 Å². The first-order valence-electron chi connectivity index (χ1n) is 9.05. The number of methoxy groups -OCH3 is 2. The number of oxazole rings is 1. The molecule has 0 saturated heterocycles. The highest BCUT2D eigenvalue weighted by atomic mass is 16.5. The zero-order valence-corrected chi connectivity index (χ0v) is 16.5. The van der Waals surface area contributed by atoms with E-state index in [1.54, 1.807) is 21.1 Å². The molecule has 3 aromatic rings. The molecule has 28 heavy (non-hydrogen) atoms. The van der Waals surface area contributed by atoms with Gasteiger partial charge in [-0.05, 0) is 44.0 Å². The Morgan fingerprint density at radius 2 is 1.82 bits per heavy atom. The standard InChI is InChI=1S/C22H24N2O4/c1-14-5-7-17(8-6-14)22-24-20(15(2)28-22)21(25)23-12-11-16-9-10-18(26-3)13-19(16)27-4/h5-10,13H,11-12H2,1-4H3,(H,23,25). The summed E-state index contributed by atoms with van der Waals surface area (Å²) in [5, 5.41) is 2.89. The minimum absolute atomic E-state index is 0.257. The Kier molecular flexibility index (Phi) is 5.99. The maximum atomic E-state index is 12.5. The minimum atomic E-state index is -0.257. The van der Waals surface area contributed by atoms with Crippen molar-refractivity contribution in [3.63, 3.8) is 0 Å². The summed E-state index contributed by atoms with van der Waals surface area (Å²) in [6.45, 7) is 4.21. The van der Waals surface area contributed by atoms with Gasteiger partial charge in [0.15, 0.2) is 5.69 Å². The highest BCUT2D eigenvalue weighted by Crippen LogP contribution is 2.25. The van der Waals surface area contributed by atoms with Crippen LogP contribution in [0.3, 0.4) is 0 Å². The smallest absolute Gasteiger partial charge is 0.273 e. The molecule has 0 aliphatic heterocycles. The lowest BCUT2D eigenvalue weighted by Gasteiger charge is -2.10. The van der Waals surface area contributed by atoms with Gasteiger partial charge in [-0.15, -0.1) is 0 Å². The molecule has 1 aromatic heterocycles. The summed E-state index contributed by atoms with van der Waals surface area (Å²) in [5.41, 5.74) is 3.28. The van der Waals surface area contributed by atoms with Crippen LogP contribution in [0.4, 0.5) is 0 Å². The third-order valence-corrected chi connectivity index (χ3v) is 4.48. The molecule has 3 rings (SSSR count). The lowest BCUT2D eigenvalue weighted by atomic mass is 10.1. The van der Waals surface area contributed by atoms with Crippen LogP contribution >= 0.6 is 0 Å². The van der Waals surface area contributed by atoms with Gasteiger partial charge in [0.1, 0.15) is 17.3 Å². The Morgan fingerprint density at radius 1 is 1.07 bits per heavy atom. The molecule has 146 valence electrons. The molecule has 0 aliphatic rings. The van der Waals surface area contributed by atoms with Gasteiger partial charge in [-0.25, -0.2) is 4.98 Å². The molecular weight excluding hydrogens is 356 g/mol. The van der Waals surface area contributed by atoms with E-state index in [0.29, 0.717) is 30.3 Å². The van der Waals surface area contributed by atoms with E-state index in [4.69, 9.17) is 13.9 Å². The van der Waals surface area contributed by atoms with Gasteiger partial charge in [0.05, 0.1) is 14.2 Å². The zero-order chi connectivity index (χ0) is 20.1. The number of nitrogens with one attached hydrogen (secondary N) is 1. The molecule has 6 nitrogen and oxygen atoms in total. The first-order valence-corrected chi connectivity index (χ1v) is 9.05. The number of aromatic nitrogens is 1. The van der Waals surface area contributed by atoms with Gasteiger partial charge in [0.2, 0.25) is 5.89 Å². The summed E-state index contributed by atoms with van der Waals surface area (Å²) in [4.78, 5) is 16.9. The molecule has 0 radical (unpaired) electrons. The lowest BCUT2D eigenvalue weighted by Crippen LogP contribution is -2.26. The molecule has 0 unspecified atom stereocenters. The first-order chi connectivity index (χ1) is 13.5. The van der Waals surface area contributed by atoms with Crippen LogP contribution in [-0.2, 0) is 6.42 Å². The lowest BCUT2D eigenvalue weighted by molar-refractivity contribution is 0.0948. The molecule has 0 fully saturated rings. The third kappa shape index (κ3) is 4.34. The molecule has 1 amide bonds. The van der Waals surface area contributed by atoms with Gasteiger partial charge < -0.3 is 19.2 Å². The Labute approximate surface area is 164 Å². The number of ether oxygens (including phenoxy) is 2. The van der Waals surface area contributed by atoms with Gasteiger partial charge in [0.25, 0.3) is 5.91 Å². The Bertz CT molecular complexity index is 961. The summed E-state index contributed by atoms with van der Waals surface area (Å²) in [7, 11) is 3.22. The average molecular weight is 380 g/mol. The zero-order valence-electron chi connectivity index (χ0n) is 16.5. The normalized spacial score (nSPS) is 10.6. The molecule has 0 bridgehead atoms. The number of carbonyl (C=O) groups is 1. The summed E-state index contributed by atoms with van der Waals surface area (Å²) in [5.74, 6) is 2.14. The maximum absolute atomic E-state index is 12.5. The van der Waals surface area contributed by atoms with E-state index in [9.17, 15) is 4.79 Å². The molecule has 1 N–H and O–H groups in total. The minimum Gasteiger partial charge on any atom is -0.497 e. The monoisotopic (exact) mass is 380 g/mol. The molecule has 6 heteroatoms. The summed E-state index contributed by atoms with van der Waals surface area (Å²) in [6, 6.07) is 13.5. The quantitative estimate of drug-likeness (QED) is 0.672. The van der Waals surface area contributed by atoms with Crippen LogP contribution in [0, 0.1) is 13.8 Å². The fraction of sp³-hybridized carbons (Fsp3) is 0.273. The number of hydrogen-bond donors (Lipinski definition) is 1. The highest BCUT2D eigenvalue weighted by Gasteiger charge is 2.18. The molecule has 2 aromatic carbocycles. The number of carbonyl (C=O) groups excluding carboxylic acids is 1.